The van der Waals surface area contributed by atoms with Crippen LogP contribution in [-0.2, 0) is 6.42 Å². The fourth-order valence-electron chi connectivity index (χ4n) is 2.73. The number of carbonyl (C=O) groups is 1. The number of carbonyl (C=O) groups excluding carboxylic acids is 1. The van der Waals surface area contributed by atoms with E-state index in [0.717, 1.165) is 30.5 Å². The van der Waals surface area contributed by atoms with Crippen LogP contribution in [0.5, 0.6) is 0 Å². The van der Waals surface area contributed by atoms with Gasteiger partial charge in [0, 0.05) is 5.69 Å². The average Bonchev–Trinajstić information content (AvgIpc) is 2.85. The zero-order chi connectivity index (χ0) is 14.1. The number of nitrogens with zero attached hydrogens (tertiary/aromatic N) is 1. The zero-order valence-corrected chi connectivity index (χ0v) is 11.3. The molecule has 0 saturated heterocycles. The average molecular weight is 271 g/mol. The van der Waals surface area contributed by atoms with Crippen molar-refractivity contribution in [2.24, 2.45) is 0 Å². The van der Waals surface area contributed by atoms with Crippen LogP contribution in [0.2, 0.25) is 0 Å². The highest BCUT2D eigenvalue weighted by atomic mass is 16.3. The summed E-state index contributed by atoms with van der Waals surface area (Å²) in [5.41, 5.74) is 9.31. The van der Waals surface area contributed by atoms with Crippen LogP contribution < -0.4 is 11.1 Å². The smallest absolute Gasteiger partial charge is 0.274 e. The molecule has 0 saturated carbocycles. The van der Waals surface area contributed by atoms with Gasteiger partial charge in [0.15, 0.2) is 12.1 Å². The van der Waals surface area contributed by atoms with E-state index in [2.05, 4.69) is 10.3 Å². The third kappa shape index (κ3) is 2.27. The summed E-state index contributed by atoms with van der Waals surface area (Å²) in [4.78, 5) is 16.2. The molecule has 0 bridgehead atoms. The number of amides is 1. The van der Waals surface area contributed by atoms with Gasteiger partial charge in [-0.05, 0) is 49.4 Å². The summed E-state index contributed by atoms with van der Waals surface area (Å²) >= 11 is 0. The molecule has 1 aromatic heterocycles. The van der Waals surface area contributed by atoms with Crippen molar-refractivity contribution in [1.29, 1.82) is 0 Å². The molecule has 1 unspecified atom stereocenters. The van der Waals surface area contributed by atoms with E-state index in [9.17, 15) is 4.79 Å². The van der Waals surface area contributed by atoms with Crippen molar-refractivity contribution in [3.8, 4) is 0 Å². The van der Waals surface area contributed by atoms with Crippen LogP contribution in [0.1, 0.15) is 46.3 Å². The summed E-state index contributed by atoms with van der Waals surface area (Å²) in [6.45, 7) is 1.73. The molecular weight excluding hydrogens is 254 g/mol. The van der Waals surface area contributed by atoms with Gasteiger partial charge in [-0.3, -0.25) is 4.79 Å². The van der Waals surface area contributed by atoms with E-state index in [0.29, 0.717) is 11.5 Å². The quantitative estimate of drug-likeness (QED) is 0.822. The van der Waals surface area contributed by atoms with E-state index in [1.54, 1.807) is 6.92 Å². The number of benzene rings is 1. The predicted molar refractivity (Wildman–Crippen MR) is 75.2 cm³/mol. The van der Waals surface area contributed by atoms with Crippen molar-refractivity contribution in [2.75, 3.05) is 5.73 Å². The molecule has 3 N–H and O–H groups in total. The number of rotatable bonds is 2. The largest absolute Gasteiger partial charge is 0.448 e. The van der Waals surface area contributed by atoms with E-state index in [4.69, 9.17) is 10.2 Å². The summed E-state index contributed by atoms with van der Waals surface area (Å²) in [7, 11) is 0. The maximum absolute atomic E-state index is 12.2. The first-order chi connectivity index (χ1) is 9.65. The molecule has 1 aromatic carbocycles. The first-order valence-electron chi connectivity index (χ1n) is 6.74. The fourth-order valence-corrected chi connectivity index (χ4v) is 2.73. The van der Waals surface area contributed by atoms with E-state index in [1.165, 1.54) is 12.0 Å². The summed E-state index contributed by atoms with van der Waals surface area (Å²) < 4.78 is 5.07. The van der Waals surface area contributed by atoms with Crippen LogP contribution in [0.4, 0.5) is 5.69 Å². The van der Waals surface area contributed by atoms with Gasteiger partial charge in [0.1, 0.15) is 5.76 Å². The molecule has 0 radical (unpaired) electrons. The van der Waals surface area contributed by atoms with Crippen molar-refractivity contribution >= 4 is 11.6 Å². The number of fused-ring (bicyclic) bond motifs is 1. The topological polar surface area (TPSA) is 81.2 Å². The molecule has 2 aromatic rings. The molecular formula is C15H17N3O2. The predicted octanol–water partition coefficient (Wildman–Crippen LogP) is 2.37. The molecule has 1 heterocycles. The lowest BCUT2D eigenvalue weighted by Crippen LogP contribution is -2.31. The number of hydrogen-bond acceptors (Lipinski definition) is 4. The molecule has 104 valence electrons. The van der Waals surface area contributed by atoms with Crippen molar-refractivity contribution < 1.29 is 9.21 Å². The highest BCUT2D eigenvalue weighted by Crippen LogP contribution is 2.31. The highest BCUT2D eigenvalue weighted by molar-refractivity contribution is 5.93. The maximum Gasteiger partial charge on any atom is 0.274 e. The molecule has 0 aliphatic heterocycles. The molecule has 5 nitrogen and oxygen atoms in total. The fraction of sp³-hybridized carbons (Fsp3) is 0.333. The minimum atomic E-state index is -0.189. The van der Waals surface area contributed by atoms with Gasteiger partial charge in [0.05, 0.1) is 6.04 Å². The van der Waals surface area contributed by atoms with Gasteiger partial charge >= 0.3 is 0 Å². The van der Waals surface area contributed by atoms with Gasteiger partial charge in [0.2, 0.25) is 0 Å². The SMILES string of the molecule is Cc1ocnc1C(=O)NC1CCCc2cc(N)ccc21. The Kier molecular flexibility index (Phi) is 3.18. The maximum atomic E-state index is 12.2. The number of aryl methyl sites for hydroxylation is 2. The number of aromatic nitrogens is 1. The zero-order valence-electron chi connectivity index (χ0n) is 11.3. The summed E-state index contributed by atoms with van der Waals surface area (Å²) in [5.74, 6) is 0.349. The monoisotopic (exact) mass is 271 g/mol. The summed E-state index contributed by atoms with van der Waals surface area (Å²) in [6, 6.07) is 5.90. The van der Waals surface area contributed by atoms with E-state index >= 15 is 0 Å². The molecule has 5 heteroatoms. The Labute approximate surface area is 117 Å². The minimum absolute atomic E-state index is 0.0166. The molecule has 1 amide bonds. The lowest BCUT2D eigenvalue weighted by atomic mass is 9.87. The first kappa shape index (κ1) is 12.7. The molecule has 0 spiro atoms. The van der Waals surface area contributed by atoms with Gasteiger partial charge in [-0.2, -0.15) is 0 Å². The van der Waals surface area contributed by atoms with Gasteiger partial charge in [-0.1, -0.05) is 6.07 Å². The van der Waals surface area contributed by atoms with Gasteiger partial charge in [0.25, 0.3) is 5.91 Å². The second-order valence-electron chi connectivity index (χ2n) is 5.13. The highest BCUT2D eigenvalue weighted by Gasteiger charge is 2.24. The molecule has 1 aliphatic rings. The van der Waals surface area contributed by atoms with Crippen LogP contribution in [0.15, 0.2) is 29.0 Å². The van der Waals surface area contributed by atoms with Gasteiger partial charge in [-0.25, -0.2) is 4.98 Å². The lowest BCUT2D eigenvalue weighted by Gasteiger charge is -2.26. The third-order valence-electron chi connectivity index (χ3n) is 3.75. The normalized spacial score (nSPS) is 17.6. The Balaban J connectivity index is 1.83. The van der Waals surface area contributed by atoms with E-state index in [-0.39, 0.29) is 11.9 Å². The molecule has 1 atom stereocenters. The molecule has 20 heavy (non-hydrogen) atoms. The van der Waals surface area contributed by atoms with Crippen molar-refractivity contribution in [1.82, 2.24) is 10.3 Å². The van der Waals surface area contributed by atoms with Gasteiger partial charge in [-0.15, -0.1) is 0 Å². The Morgan fingerprint density at radius 3 is 3.10 bits per heavy atom. The van der Waals surface area contributed by atoms with Crippen molar-refractivity contribution in [3.63, 3.8) is 0 Å². The summed E-state index contributed by atoms with van der Waals surface area (Å²) in [5, 5.41) is 3.04. The van der Waals surface area contributed by atoms with Crippen LogP contribution in [0, 0.1) is 6.92 Å². The van der Waals surface area contributed by atoms with E-state index in [1.807, 2.05) is 18.2 Å². The van der Waals surface area contributed by atoms with E-state index < -0.39 is 0 Å². The third-order valence-corrected chi connectivity index (χ3v) is 3.75. The minimum Gasteiger partial charge on any atom is -0.448 e. The molecule has 0 fully saturated rings. The number of nitrogens with two attached hydrogens (primary N) is 1. The van der Waals surface area contributed by atoms with Crippen molar-refractivity contribution in [3.05, 3.63) is 47.2 Å². The second kappa shape index (κ2) is 5.00. The van der Waals surface area contributed by atoms with Crippen LogP contribution in [-0.4, -0.2) is 10.9 Å². The lowest BCUT2D eigenvalue weighted by molar-refractivity contribution is 0.0927. The molecule has 1 aliphatic carbocycles. The number of nitrogens with one attached hydrogen (secondary N) is 1. The van der Waals surface area contributed by atoms with Crippen LogP contribution in [0.25, 0.3) is 0 Å². The standard InChI is InChI=1S/C15H17N3O2/c1-9-14(17-8-20-9)15(19)18-13-4-2-3-10-7-11(16)5-6-12(10)13/h5-8,13H,2-4,16H2,1H3,(H,18,19). The molecule has 3 rings (SSSR count). The number of oxazole rings is 1. The number of anilines is 1. The Morgan fingerprint density at radius 1 is 1.50 bits per heavy atom. The Bertz CT molecular complexity index is 648. The first-order valence-corrected chi connectivity index (χ1v) is 6.74. The van der Waals surface area contributed by atoms with Crippen molar-refractivity contribution in [2.45, 2.75) is 32.2 Å². The number of hydrogen-bond donors (Lipinski definition) is 2. The van der Waals surface area contributed by atoms with Crippen LogP contribution >= 0.6 is 0 Å². The second-order valence-corrected chi connectivity index (χ2v) is 5.13. The Morgan fingerprint density at radius 2 is 2.35 bits per heavy atom. The van der Waals surface area contributed by atoms with Gasteiger partial charge < -0.3 is 15.5 Å². The number of nitrogen functional groups attached to an aromatic ring is 1. The Hall–Kier alpha value is -2.30. The van der Waals surface area contributed by atoms with Crippen LogP contribution in [0.3, 0.4) is 0 Å². The summed E-state index contributed by atoms with van der Waals surface area (Å²) in [6.07, 6.45) is 4.27.